The summed E-state index contributed by atoms with van der Waals surface area (Å²) in [6, 6.07) is 18.1. The van der Waals surface area contributed by atoms with Crippen molar-refractivity contribution < 1.29 is 4.74 Å². The number of rotatable bonds is 4. The minimum absolute atomic E-state index is 0.0907. The van der Waals surface area contributed by atoms with Crippen molar-refractivity contribution in [1.29, 1.82) is 0 Å². The largest absolute Gasteiger partial charge is 0.486 e. The van der Waals surface area contributed by atoms with E-state index >= 15 is 0 Å². The van der Waals surface area contributed by atoms with Crippen LogP contribution in [0.25, 0.3) is 0 Å². The molecule has 2 heteroatoms. The number of para-hydroxylation sites is 1. The number of ether oxygens (including phenoxy) is 1. The van der Waals surface area contributed by atoms with Crippen molar-refractivity contribution in [3.8, 4) is 5.75 Å². The molecule has 0 aromatic heterocycles. The van der Waals surface area contributed by atoms with Crippen LogP contribution < -0.4 is 4.74 Å². The van der Waals surface area contributed by atoms with Crippen LogP contribution in [-0.4, -0.2) is 0 Å². The molecule has 0 aliphatic carbocycles. The van der Waals surface area contributed by atoms with Gasteiger partial charge in [-0.25, -0.2) is 0 Å². The average Bonchev–Trinajstić information content (AvgIpc) is 2.38. The zero-order chi connectivity index (χ0) is 12.1. The standard InChI is InChI=1S/C15H15BrO/c1-2-15(13-10-6-7-11-14(13)16)17-12-8-4-3-5-9-12/h3-11,15H,2H2,1H3. The predicted molar refractivity (Wildman–Crippen MR) is 74.2 cm³/mol. The maximum atomic E-state index is 6.00. The van der Waals surface area contributed by atoms with E-state index in [4.69, 9.17) is 4.74 Å². The zero-order valence-corrected chi connectivity index (χ0v) is 11.4. The molecule has 0 bridgehead atoms. The van der Waals surface area contributed by atoms with Crippen LogP contribution in [0, 0.1) is 0 Å². The quantitative estimate of drug-likeness (QED) is 0.772. The van der Waals surface area contributed by atoms with Gasteiger partial charge in [-0.1, -0.05) is 59.3 Å². The third kappa shape index (κ3) is 3.10. The van der Waals surface area contributed by atoms with Gasteiger partial charge in [-0.3, -0.25) is 0 Å². The van der Waals surface area contributed by atoms with E-state index in [2.05, 4.69) is 28.9 Å². The van der Waals surface area contributed by atoms with Gasteiger partial charge in [0.2, 0.25) is 0 Å². The molecular formula is C15H15BrO. The van der Waals surface area contributed by atoms with Crippen LogP contribution in [0.2, 0.25) is 0 Å². The van der Waals surface area contributed by atoms with E-state index in [9.17, 15) is 0 Å². The third-order valence-corrected chi connectivity index (χ3v) is 3.37. The summed E-state index contributed by atoms with van der Waals surface area (Å²) in [6.45, 7) is 2.13. The van der Waals surface area contributed by atoms with Gasteiger partial charge >= 0.3 is 0 Å². The van der Waals surface area contributed by atoms with Gasteiger partial charge in [0, 0.05) is 10.0 Å². The van der Waals surface area contributed by atoms with Crippen LogP contribution in [0.3, 0.4) is 0 Å². The Morgan fingerprint density at radius 2 is 1.65 bits per heavy atom. The predicted octanol–water partition coefficient (Wildman–Crippen LogP) is 4.98. The van der Waals surface area contributed by atoms with Crippen LogP contribution in [-0.2, 0) is 0 Å². The molecule has 0 saturated heterocycles. The fraction of sp³-hybridized carbons (Fsp3) is 0.200. The second-order valence-electron chi connectivity index (χ2n) is 3.85. The van der Waals surface area contributed by atoms with Crippen LogP contribution >= 0.6 is 15.9 Å². The van der Waals surface area contributed by atoms with Gasteiger partial charge in [0.25, 0.3) is 0 Å². The van der Waals surface area contributed by atoms with Crippen molar-refractivity contribution in [2.45, 2.75) is 19.4 Å². The fourth-order valence-electron chi connectivity index (χ4n) is 1.77. The Labute approximate surface area is 111 Å². The van der Waals surface area contributed by atoms with Gasteiger partial charge in [0.15, 0.2) is 0 Å². The van der Waals surface area contributed by atoms with Crippen molar-refractivity contribution in [2.75, 3.05) is 0 Å². The second kappa shape index (κ2) is 5.87. The molecular weight excluding hydrogens is 276 g/mol. The zero-order valence-electron chi connectivity index (χ0n) is 9.77. The van der Waals surface area contributed by atoms with Crippen LogP contribution in [0.5, 0.6) is 5.75 Å². The highest BCUT2D eigenvalue weighted by Gasteiger charge is 2.13. The first-order chi connectivity index (χ1) is 8.31. The lowest BCUT2D eigenvalue weighted by Crippen LogP contribution is -2.06. The molecule has 0 saturated carbocycles. The molecule has 2 aromatic carbocycles. The summed E-state index contributed by atoms with van der Waals surface area (Å²) in [5.41, 5.74) is 1.19. The lowest BCUT2D eigenvalue weighted by molar-refractivity contribution is 0.200. The summed E-state index contributed by atoms with van der Waals surface area (Å²) in [4.78, 5) is 0. The van der Waals surface area contributed by atoms with E-state index in [1.807, 2.05) is 48.5 Å². The smallest absolute Gasteiger partial charge is 0.125 e. The van der Waals surface area contributed by atoms with Crippen molar-refractivity contribution in [1.82, 2.24) is 0 Å². The molecule has 0 N–H and O–H groups in total. The number of hydrogen-bond acceptors (Lipinski definition) is 1. The van der Waals surface area contributed by atoms with E-state index in [0.717, 1.165) is 16.6 Å². The fourth-order valence-corrected chi connectivity index (χ4v) is 2.31. The Hall–Kier alpha value is -1.28. The molecule has 2 aromatic rings. The highest BCUT2D eigenvalue weighted by atomic mass is 79.9. The number of hydrogen-bond donors (Lipinski definition) is 0. The van der Waals surface area contributed by atoms with E-state index in [1.54, 1.807) is 0 Å². The molecule has 1 atom stereocenters. The topological polar surface area (TPSA) is 9.23 Å². The van der Waals surface area contributed by atoms with Gasteiger partial charge in [-0.15, -0.1) is 0 Å². The monoisotopic (exact) mass is 290 g/mol. The Balaban J connectivity index is 2.21. The van der Waals surface area contributed by atoms with Gasteiger partial charge in [0.1, 0.15) is 11.9 Å². The molecule has 0 heterocycles. The summed E-state index contributed by atoms with van der Waals surface area (Å²) in [6.07, 6.45) is 1.03. The van der Waals surface area contributed by atoms with E-state index < -0.39 is 0 Å². The normalized spacial score (nSPS) is 12.1. The lowest BCUT2D eigenvalue weighted by Gasteiger charge is -2.19. The Morgan fingerprint density at radius 3 is 2.29 bits per heavy atom. The molecule has 17 heavy (non-hydrogen) atoms. The van der Waals surface area contributed by atoms with Gasteiger partial charge < -0.3 is 4.74 Å². The molecule has 0 amide bonds. The highest BCUT2D eigenvalue weighted by molar-refractivity contribution is 9.10. The third-order valence-electron chi connectivity index (χ3n) is 2.64. The van der Waals surface area contributed by atoms with Crippen LogP contribution in [0.1, 0.15) is 25.0 Å². The Morgan fingerprint density at radius 1 is 1.00 bits per heavy atom. The first-order valence-electron chi connectivity index (χ1n) is 5.77. The average molecular weight is 291 g/mol. The van der Waals surface area contributed by atoms with Crippen LogP contribution in [0.15, 0.2) is 59.1 Å². The Bertz CT molecular complexity index is 467. The van der Waals surface area contributed by atoms with Crippen LogP contribution in [0.4, 0.5) is 0 Å². The van der Waals surface area contributed by atoms with E-state index in [1.165, 1.54) is 5.56 Å². The molecule has 0 fully saturated rings. The molecule has 0 aliphatic heterocycles. The SMILES string of the molecule is CCC(Oc1ccccc1)c1ccccc1Br. The molecule has 1 nitrogen and oxygen atoms in total. The second-order valence-corrected chi connectivity index (χ2v) is 4.70. The first-order valence-corrected chi connectivity index (χ1v) is 6.56. The summed E-state index contributed by atoms with van der Waals surface area (Å²) in [5.74, 6) is 0.912. The summed E-state index contributed by atoms with van der Waals surface area (Å²) in [5, 5.41) is 0. The van der Waals surface area contributed by atoms with Gasteiger partial charge in [-0.05, 0) is 24.6 Å². The Kier molecular flexibility index (Phi) is 4.21. The highest BCUT2D eigenvalue weighted by Crippen LogP contribution is 2.29. The molecule has 0 radical (unpaired) electrons. The first kappa shape index (κ1) is 12.2. The number of benzene rings is 2. The minimum atomic E-state index is 0.0907. The maximum Gasteiger partial charge on any atom is 0.125 e. The molecule has 0 aliphatic rings. The summed E-state index contributed by atoms with van der Waals surface area (Å²) in [7, 11) is 0. The molecule has 1 unspecified atom stereocenters. The van der Waals surface area contributed by atoms with E-state index in [0.29, 0.717) is 0 Å². The van der Waals surface area contributed by atoms with Crippen molar-refractivity contribution in [2.24, 2.45) is 0 Å². The van der Waals surface area contributed by atoms with E-state index in [-0.39, 0.29) is 6.10 Å². The van der Waals surface area contributed by atoms with Crippen molar-refractivity contribution in [3.05, 3.63) is 64.6 Å². The molecule has 2 rings (SSSR count). The molecule has 0 spiro atoms. The summed E-state index contributed by atoms with van der Waals surface area (Å²) < 4.78 is 7.10. The minimum Gasteiger partial charge on any atom is -0.486 e. The summed E-state index contributed by atoms with van der Waals surface area (Å²) >= 11 is 3.57. The lowest BCUT2D eigenvalue weighted by atomic mass is 10.1. The number of halogens is 1. The van der Waals surface area contributed by atoms with Crippen molar-refractivity contribution >= 4 is 15.9 Å². The maximum absolute atomic E-state index is 6.00. The van der Waals surface area contributed by atoms with Gasteiger partial charge in [-0.2, -0.15) is 0 Å². The molecule has 88 valence electrons. The van der Waals surface area contributed by atoms with Crippen molar-refractivity contribution in [3.63, 3.8) is 0 Å². The van der Waals surface area contributed by atoms with Gasteiger partial charge in [0.05, 0.1) is 0 Å².